The van der Waals surface area contributed by atoms with Crippen molar-refractivity contribution in [2.75, 3.05) is 5.32 Å². The number of anilines is 2. The molecule has 2 aromatic rings. The lowest BCUT2D eigenvalue weighted by Crippen LogP contribution is -2.00. The zero-order valence-electron chi connectivity index (χ0n) is 9.14. The van der Waals surface area contributed by atoms with Gasteiger partial charge in [0.05, 0.1) is 0 Å². The van der Waals surface area contributed by atoms with Crippen molar-refractivity contribution in [1.29, 1.82) is 0 Å². The Bertz CT molecular complexity index is 482. The van der Waals surface area contributed by atoms with Crippen LogP contribution in [0.4, 0.5) is 11.6 Å². The van der Waals surface area contributed by atoms with Gasteiger partial charge in [0.15, 0.2) is 0 Å². The molecule has 82 valence electrons. The molecule has 0 spiro atoms. The Balaban J connectivity index is 2.20. The van der Waals surface area contributed by atoms with Gasteiger partial charge in [-0.05, 0) is 30.7 Å². The van der Waals surface area contributed by atoms with Crippen molar-refractivity contribution in [3.8, 4) is 0 Å². The van der Waals surface area contributed by atoms with Crippen LogP contribution in [-0.4, -0.2) is 9.97 Å². The van der Waals surface area contributed by atoms with Gasteiger partial charge in [0, 0.05) is 24.1 Å². The molecule has 0 aliphatic heterocycles. The molecule has 4 nitrogen and oxygen atoms in total. The van der Waals surface area contributed by atoms with Gasteiger partial charge < -0.3 is 11.1 Å². The number of nitrogens with zero attached hydrogens (tertiary/aromatic N) is 2. The number of benzene rings is 1. The van der Waals surface area contributed by atoms with E-state index in [1.807, 2.05) is 37.3 Å². The minimum absolute atomic E-state index is 0.532. The summed E-state index contributed by atoms with van der Waals surface area (Å²) in [7, 11) is 0. The Kier molecular flexibility index (Phi) is 3.12. The van der Waals surface area contributed by atoms with Gasteiger partial charge >= 0.3 is 0 Å². The van der Waals surface area contributed by atoms with Crippen LogP contribution in [0.25, 0.3) is 0 Å². The van der Waals surface area contributed by atoms with E-state index >= 15 is 0 Å². The molecule has 1 heterocycles. The molecule has 2 rings (SSSR count). The second-order valence-electron chi connectivity index (χ2n) is 3.55. The second kappa shape index (κ2) is 4.72. The molecule has 1 aromatic heterocycles. The average Bonchev–Trinajstić information content (AvgIpc) is 2.29. The van der Waals surface area contributed by atoms with E-state index in [1.165, 1.54) is 0 Å². The van der Waals surface area contributed by atoms with E-state index in [9.17, 15) is 0 Å². The number of rotatable bonds is 3. The summed E-state index contributed by atoms with van der Waals surface area (Å²) in [5, 5.41) is 3.14. The zero-order chi connectivity index (χ0) is 11.4. The summed E-state index contributed by atoms with van der Waals surface area (Å²) in [5.74, 6) is 0.606. The molecule has 0 fully saturated rings. The van der Waals surface area contributed by atoms with Crippen LogP contribution >= 0.6 is 0 Å². The molecule has 0 radical (unpaired) electrons. The van der Waals surface area contributed by atoms with Crippen LogP contribution < -0.4 is 11.1 Å². The Labute approximate surface area is 94.5 Å². The molecule has 0 bridgehead atoms. The summed E-state index contributed by atoms with van der Waals surface area (Å²) in [6.07, 6.45) is 1.73. The third kappa shape index (κ3) is 2.55. The Morgan fingerprint density at radius 3 is 2.94 bits per heavy atom. The number of nitrogens with one attached hydrogen (secondary N) is 1. The summed E-state index contributed by atoms with van der Waals surface area (Å²) in [4.78, 5) is 8.41. The highest BCUT2D eigenvalue weighted by molar-refractivity contribution is 5.54. The molecule has 16 heavy (non-hydrogen) atoms. The first-order valence-corrected chi connectivity index (χ1v) is 5.13. The van der Waals surface area contributed by atoms with Gasteiger partial charge in [0.1, 0.15) is 0 Å². The molecule has 0 saturated heterocycles. The Hall–Kier alpha value is -1.94. The SMILES string of the molecule is Cc1ccnc(Nc2cccc(CN)c2)n1. The van der Waals surface area contributed by atoms with Crippen molar-refractivity contribution in [3.05, 3.63) is 47.8 Å². The van der Waals surface area contributed by atoms with Crippen LogP contribution in [-0.2, 0) is 6.54 Å². The van der Waals surface area contributed by atoms with E-state index in [2.05, 4.69) is 15.3 Å². The topological polar surface area (TPSA) is 63.8 Å². The van der Waals surface area contributed by atoms with Gasteiger partial charge in [-0.1, -0.05) is 12.1 Å². The molecule has 0 aliphatic rings. The molecule has 0 aliphatic carbocycles. The van der Waals surface area contributed by atoms with E-state index in [4.69, 9.17) is 5.73 Å². The van der Waals surface area contributed by atoms with Crippen LogP contribution in [0.2, 0.25) is 0 Å². The van der Waals surface area contributed by atoms with E-state index in [0.29, 0.717) is 12.5 Å². The maximum atomic E-state index is 5.58. The number of aryl methyl sites for hydroxylation is 1. The number of aromatic nitrogens is 2. The zero-order valence-corrected chi connectivity index (χ0v) is 9.14. The fraction of sp³-hybridized carbons (Fsp3) is 0.167. The van der Waals surface area contributed by atoms with Crippen LogP contribution in [0.15, 0.2) is 36.5 Å². The van der Waals surface area contributed by atoms with Crippen molar-refractivity contribution in [1.82, 2.24) is 9.97 Å². The lowest BCUT2D eigenvalue weighted by molar-refractivity contribution is 1.07. The van der Waals surface area contributed by atoms with E-state index in [1.54, 1.807) is 6.20 Å². The van der Waals surface area contributed by atoms with Gasteiger partial charge in [-0.3, -0.25) is 0 Å². The van der Waals surface area contributed by atoms with Crippen LogP contribution in [0.5, 0.6) is 0 Å². The normalized spacial score (nSPS) is 10.1. The highest BCUT2D eigenvalue weighted by Gasteiger charge is 1.98. The number of hydrogen-bond donors (Lipinski definition) is 2. The van der Waals surface area contributed by atoms with Gasteiger partial charge in [0.25, 0.3) is 0 Å². The second-order valence-corrected chi connectivity index (χ2v) is 3.55. The molecule has 0 saturated carbocycles. The molecule has 0 unspecified atom stereocenters. The predicted octanol–water partition coefficient (Wildman–Crippen LogP) is 1.99. The fourth-order valence-corrected chi connectivity index (χ4v) is 1.41. The molecular weight excluding hydrogens is 200 g/mol. The van der Waals surface area contributed by atoms with Gasteiger partial charge in [-0.15, -0.1) is 0 Å². The van der Waals surface area contributed by atoms with Crippen molar-refractivity contribution in [3.63, 3.8) is 0 Å². The van der Waals surface area contributed by atoms with Crippen molar-refractivity contribution in [2.45, 2.75) is 13.5 Å². The van der Waals surface area contributed by atoms with Crippen molar-refractivity contribution in [2.24, 2.45) is 5.73 Å². The first-order chi connectivity index (χ1) is 7.78. The van der Waals surface area contributed by atoms with Crippen LogP contribution in [0.1, 0.15) is 11.3 Å². The fourth-order valence-electron chi connectivity index (χ4n) is 1.41. The van der Waals surface area contributed by atoms with Gasteiger partial charge in [-0.25, -0.2) is 9.97 Å². The monoisotopic (exact) mass is 214 g/mol. The highest BCUT2D eigenvalue weighted by Crippen LogP contribution is 2.14. The lowest BCUT2D eigenvalue weighted by Gasteiger charge is -2.06. The number of hydrogen-bond acceptors (Lipinski definition) is 4. The maximum absolute atomic E-state index is 5.58. The summed E-state index contributed by atoms with van der Waals surface area (Å²) in [5.41, 5.74) is 8.55. The van der Waals surface area contributed by atoms with E-state index in [-0.39, 0.29) is 0 Å². The van der Waals surface area contributed by atoms with Gasteiger partial charge in [-0.2, -0.15) is 0 Å². The molecule has 4 heteroatoms. The largest absolute Gasteiger partial charge is 0.326 e. The maximum Gasteiger partial charge on any atom is 0.227 e. The summed E-state index contributed by atoms with van der Waals surface area (Å²) in [6.45, 7) is 2.47. The summed E-state index contributed by atoms with van der Waals surface area (Å²) < 4.78 is 0. The van der Waals surface area contributed by atoms with Gasteiger partial charge in [0.2, 0.25) is 5.95 Å². The van der Waals surface area contributed by atoms with Crippen LogP contribution in [0, 0.1) is 6.92 Å². The molecule has 3 N–H and O–H groups in total. The minimum atomic E-state index is 0.532. The van der Waals surface area contributed by atoms with Crippen molar-refractivity contribution >= 4 is 11.6 Å². The third-order valence-corrected chi connectivity index (χ3v) is 2.21. The van der Waals surface area contributed by atoms with E-state index < -0.39 is 0 Å². The van der Waals surface area contributed by atoms with E-state index in [0.717, 1.165) is 16.9 Å². The molecule has 0 amide bonds. The summed E-state index contributed by atoms with van der Waals surface area (Å²) in [6, 6.07) is 9.76. The van der Waals surface area contributed by atoms with Crippen LogP contribution in [0.3, 0.4) is 0 Å². The highest BCUT2D eigenvalue weighted by atomic mass is 15.1. The smallest absolute Gasteiger partial charge is 0.227 e. The molecular formula is C12H14N4. The Morgan fingerprint density at radius 2 is 2.19 bits per heavy atom. The first-order valence-electron chi connectivity index (χ1n) is 5.13. The summed E-state index contributed by atoms with van der Waals surface area (Å²) >= 11 is 0. The third-order valence-electron chi connectivity index (χ3n) is 2.21. The predicted molar refractivity (Wildman–Crippen MR) is 64.4 cm³/mol. The first kappa shape index (κ1) is 10.6. The van der Waals surface area contributed by atoms with Crippen molar-refractivity contribution < 1.29 is 0 Å². The standard InChI is InChI=1S/C12H14N4/c1-9-5-6-14-12(15-9)16-11-4-2-3-10(7-11)8-13/h2-7H,8,13H2,1H3,(H,14,15,16). The lowest BCUT2D eigenvalue weighted by atomic mass is 10.2. The minimum Gasteiger partial charge on any atom is -0.326 e. The molecule has 0 atom stereocenters. The quantitative estimate of drug-likeness (QED) is 0.820. The average molecular weight is 214 g/mol. The Morgan fingerprint density at radius 1 is 1.31 bits per heavy atom. The molecule has 1 aromatic carbocycles. The number of nitrogens with two attached hydrogens (primary N) is 1.